The fourth-order valence-electron chi connectivity index (χ4n) is 1.42. The first-order valence-corrected chi connectivity index (χ1v) is 11.8. The van der Waals surface area contributed by atoms with Crippen molar-refractivity contribution in [2.45, 2.75) is 26.2 Å². The van der Waals surface area contributed by atoms with Crippen LogP contribution in [0.1, 0.15) is 0 Å². The number of carbonyl (C=O) groups excluding carboxylic acids is 2. The Hall–Kier alpha value is -1.19. The molecule has 0 aromatic carbocycles. The first kappa shape index (κ1) is 17.8. The fraction of sp³-hybridized carbons (Fsp3) is 0.500. The van der Waals surface area contributed by atoms with Gasteiger partial charge in [0, 0.05) is 12.2 Å². The van der Waals surface area contributed by atoms with E-state index >= 15 is 0 Å². The minimum atomic E-state index is -2.12. The summed E-state index contributed by atoms with van der Waals surface area (Å²) in [7, 11) is -1.58. The van der Waals surface area contributed by atoms with Gasteiger partial charge in [-0.1, -0.05) is 11.4 Å². The van der Waals surface area contributed by atoms with Crippen molar-refractivity contribution in [1.29, 1.82) is 0 Å². The molecule has 0 N–H and O–H groups in total. The number of hydrogen-bond acceptors (Lipinski definition) is 5. The molecule has 0 saturated carbocycles. The largest absolute Gasteiger partial charge is 0.466 e. The zero-order valence-electron chi connectivity index (χ0n) is 12.4. The van der Waals surface area contributed by atoms with Gasteiger partial charge < -0.3 is 13.6 Å². The third-order valence-corrected chi connectivity index (χ3v) is 8.32. The molecule has 19 heavy (non-hydrogen) atoms. The summed E-state index contributed by atoms with van der Waals surface area (Å²) in [4.78, 5) is 22.1. The fourth-order valence-corrected chi connectivity index (χ4v) is 8.46. The maximum Gasteiger partial charge on any atom is 0.329 e. The lowest BCUT2D eigenvalue weighted by atomic mass is 10.7. The standard InChI is InChI=1S/C12H22O5Si2/c1-15-11(13)7-9-18(3,4)17-19(5,6)10-8-12(14)16-2/h7-10H,1-6H3/b9-7+,10-8+. The van der Waals surface area contributed by atoms with Crippen LogP contribution in [0.3, 0.4) is 0 Å². The van der Waals surface area contributed by atoms with Gasteiger partial charge in [-0.25, -0.2) is 9.59 Å². The Morgan fingerprint density at radius 1 is 0.789 bits per heavy atom. The number of methoxy groups -OCH3 is 2. The van der Waals surface area contributed by atoms with Crippen molar-refractivity contribution < 1.29 is 23.2 Å². The molecule has 0 aliphatic carbocycles. The van der Waals surface area contributed by atoms with Gasteiger partial charge in [-0.2, -0.15) is 0 Å². The molecule has 0 atom stereocenters. The Labute approximate surface area is 116 Å². The molecule has 0 unspecified atom stereocenters. The Morgan fingerprint density at radius 3 is 1.37 bits per heavy atom. The van der Waals surface area contributed by atoms with Crippen molar-refractivity contribution in [2.24, 2.45) is 0 Å². The third kappa shape index (κ3) is 8.52. The quantitative estimate of drug-likeness (QED) is 0.426. The van der Waals surface area contributed by atoms with Gasteiger partial charge >= 0.3 is 11.9 Å². The van der Waals surface area contributed by atoms with Crippen LogP contribution in [0.4, 0.5) is 0 Å². The van der Waals surface area contributed by atoms with Gasteiger partial charge in [0.05, 0.1) is 14.2 Å². The van der Waals surface area contributed by atoms with Crippen LogP contribution in [0, 0.1) is 0 Å². The molecule has 0 aromatic rings. The second-order valence-corrected chi connectivity index (χ2v) is 12.9. The molecule has 7 heteroatoms. The highest BCUT2D eigenvalue weighted by atomic mass is 28.4. The van der Waals surface area contributed by atoms with Crippen molar-refractivity contribution in [3.05, 3.63) is 23.6 Å². The second kappa shape index (κ2) is 7.41. The predicted molar refractivity (Wildman–Crippen MR) is 78.4 cm³/mol. The molecule has 5 nitrogen and oxygen atoms in total. The Morgan fingerprint density at radius 2 is 1.11 bits per heavy atom. The molecule has 0 radical (unpaired) electrons. The van der Waals surface area contributed by atoms with Gasteiger partial charge in [-0.3, -0.25) is 0 Å². The zero-order chi connectivity index (χ0) is 15.1. The molecule has 0 aliphatic rings. The minimum absolute atomic E-state index is 0.395. The SMILES string of the molecule is COC(=O)/C=C/[Si](C)(C)O[Si](C)(C)/C=C/C(=O)OC. The van der Waals surface area contributed by atoms with E-state index in [2.05, 4.69) is 9.47 Å². The minimum Gasteiger partial charge on any atom is -0.466 e. The molecule has 0 spiro atoms. The molecular formula is C12H22O5Si2. The van der Waals surface area contributed by atoms with Gasteiger partial charge in [0.25, 0.3) is 0 Å². The number of carbonyl (C=O) groups is 2. The lowest BCUT2D eigenvalue weighted by Crippen LogP contribution is -2.42. The Balaban J connectivity index is 4.71. The van der Waals surface area contributed by atoms with Crippen LogP contribution in [-0.2, 0) is 23.2 Å². The van der Waals surface area contributed by atoms with Crippen molar-refractivity contribution in [3.8, 4) is 0 Å². The van der Waals surface area contributed by atoms with E-state index in [9.17, 15) is 9.59 Å². The average Bonchev–Trinajstić information content (AvgIpc) is 2.31. The summed E-state index contributed by atoms with van der Waals surface area (Å²) in [5.41, 5.74) is 3.55. The number of rotatable bonds is 6. The summed E-state index contributed by atoms with van der Waals surface area (Å²) in [6.07, 6.45) is 2.78. The van der Waals surface area contributed by atoms with E-state index < -0.39 is 28.6 Å². The third-order valence-electron chi connectivity index (χ3n) is 2.17. The molecule has 0 rings (SSSR count). The molecule has 0 amide bonds. The lowest BCUT2D eigenvalue weighted by Gasteiger charge is -2.29. The van der Waals surface area contributed by atoms with Gasteiger partial charge in [-0.05, 0) is 26.2 Å². The monoisotopic (exact) mass is 302 g/mol. The predicted octanol–water partition coefficient (Wildman–Crippen LogP) is 1.95. The number of hydrogen-bond donors (Lipinski definition) is 0. The van der Waals surface area contributed by atoms with Crippen LogP contribution in [0.2, 0.25) is 26.2 Å². The zero-order valence-corrected chi connectivity index (χ0v) is 14.4. The van der Waals surface area contributed by atoms with Crippen molar-refractivity contribution in [3.63, 3.8) is 0 Å². The van der Waals surface area contributed by atoms with E-state index in [0.29, 0.717) is 0 Å². The normalized spacial score (nSPS) is 12.9. The Kier molecular flexibility index (Phi) is 6.95. The Bertz CT molecular complexity index is 350. The van der Waals surface area contributed by atoms with Crippen LogP contribution >= 0.6 is 0 Å². The van der Waals surface area contributed by atoms with E-state index in [-0.39, 0.29) is 0 Å². The van der Waals surface area contributed by atoms with E-state index in [1.807, 2.05) is 26.2 Å². The number of esters is 2. The second-order valence-electron chi connectivity index (χ2n) is 5.02. The molecular weight excluding hydrogens is 280 g/mol. The van der Waals surface area contributed by atoms with E-state index in [1.54, 1.807) is 11.4 Å². The first-order valence-electron chi connectivity index (χ1n) is 5.86. The summed E-state index contributed by atoms with van der Waals surface area (Å²) in [5.74, 6) is -0.789. The van der Waals surface area contributed by atoms with Gasteiger partial charge in [0.1, 0.15) is 0 Å². The highest BCUT2D eigenvalue weighted by molar-refractivity contribution is 6.89. The van der Waals surface area contributed by atoms with Crippen molar-refractivity contribution in [1.82, 2.24) is 0 Å². The number of ether oxygens (including phenoxy) is 2. The van der Waals surface area contributed by atoms with E-state index in [4.69, 9.17) is 4.12 Å². The lowest BCUT2D eigenvalue weighted by molar-refractivity contribution is -0.135. The van der Waals surface area contributed by atoms with E-state index in [0.717, 1.165) is 0 Å². The molecule has 108 valence electrons. The highest BCUT2D eigenvalue weighted by Gasteiger charge is 2.29. The van der Waals surface area contributed by atoms with Crippen LogP contribution in [0.5, 0.6) is 0 Å². The first-order chi connectivity index (χ1) is 8.62. The topological polar surface area (TPSA) is 61.8 Å². The molecule has 0 bridgehead atoms. The van der Waals surface area contributed by atoms with Crippen molar-refractivity contribution >= 4 is 28.6 Å². The molecule has 0 aliphatic heterocycles. The summed E-state index contributed by atoms with van der Waals surface area (Å²) < 4.78 is 15.2. The van der Waals surface area contributed by atoms with Crippen LogP contribution in [0.25, 0.3) is 0 Å². The smallest absolute Gasteiger partial charge is 0.329 e. The van der Waals surface area contributed by atoms with E-state index in [1.165, 1.54) is 26.4 Å². The summed E-state index contributed by atoms with van der Waals surface area (Å²) in [6.45, 7) is 7.92. The van der Waals surface area contributed by atoms with Crippen LogP contribution < -0.4 is 0 Å². The summed E-state index contributed by atoms with van der Waals surface area (Å²) in [6, 6.07) is 0. The van der Waals surface area contributed by atoms with Gasteiger partial charge in [0.15, 0.2) is 16.6 Å². The van der Waals surface area contributed by atoms with Crippen LogP contribution in [-0.4, -0.2) is 42.8 Å². The average molecular weight is 302 g/mol. The highest BCUT2D eigenvalue weighted by Crippen LogP contribution is 2.16. The molecule has 0 fully saturated rings. The molecule has 0 heterocycles. The van der Waals surface area contributed by atoms with Gasteiger partial charge in [0.2, 0.25) is 0 Å². The summed E-state index contributed by atoms with van der Waals surface area (Å²) >= 11 is 0. The van der Waals surface area contributed by atoms with Crippen molar-refractivity contribution in [2.75, 3.05) is 14.2 Å². The maximum absolute atomic E-state index is 11.1. The van der Waals surface area contributed by atoms with Crippen LogP contribution in [0.15, 0.2) is 23.6 Å². The van der Waals surface area contributed by atoms with Gasteiger partial charge in [-0.15, -0.1) is 0 Å². The molecule has 0 saturated heterocycles. The molecule has 0 aromatic heterocycles. The summed E-state index contributed by atoms with van der Waals surface area (Å²) in [5, 5.41) is 0. The maximum atomic E-state index is 11.1.